The second kappa shape index (κ2) is 8.49. The average molecular weight is 373 g/mol. The highest BCUT2D eigenvalue weighted by Crippen LogP contribution is 2.32. The van der Waals surface area contributed by atoms with Crippen LogP contribution in [0.2, 0.25) is 0 Å². The van der Waals surface area contributed by atoms with E-state index in [4.69, 9.17) is 5.11 Å². The Morgan fingerprint density at radius 3 is 2.58 bits per heavy atom. The fourth-order valence-corrected chi connectivity index (χ4v) is 4.26. The predicted octanol–water partition coefficient (Wildman–Crippen LogP) is 3.52. The normalized spacial score (nSPS) is 23.3. The van der Waals surface area contributed by atoms with Crippen molar-refractivity contribution in [3.63, 3.8) is 0 Å². The number of amides is 1. The van der Waals surface area contributed by atoms with E-state index in [-0.39, 0.29) is 12.3 Å². The lowest BCUT2D eigenvalue weighted by Gasteiger charge is -2.22. The van der Waals surface area contributed by atoms with Crippen molar-refractivity contribution in [1.29, 1.82) is 0 Å². The number of aliphatic carboxylic acids is 1. The van der Waals surface area contributed by atoms with Gasteiger partial charge >= 0.3 is 5.97 Å². The highest BCUT2D eigenvalue weighted by atomic mass is 32.2. The van der Waals surface area contributed by atoms with Gasteiger partial charge in [0.2, 0.25) is 5.91 Å². The third-order valence-corrected chi connectivity index (χ3v) is 5.90. The van der Waals surface area contributed by atoms with Crippen LogP contribution >= 0.6 is 11.8 Å². The van der Waals surface area contributed by atoms with Crippen LogP contribution in [0.4, 0.5) is 0 Å². The summed E-state index contributed by atoms with van der Waals surface area (Å²) in [5, 5.41) is 19.3. The van der Waals surface area contributed by atoms with E-state index in [9.17, 15) is 9.59 Å². The van der Waals surface area contributed by atoms with Crippen LogP contribution in [0.15, 0.2) is 34.5 Å². The molecule has 7 heteroatoms. The molecule has 1 aromatic rings. The summed E-state index contributed by atoms with van der Waals surface area (Å²) in [7, 11) is 0. The summed E-state index contributed by atoms with van der Waals surface area (Å²) < 4.78 is 0. The van der Waals surface area contributed by atoms with Crippen LogP contribution in [0.1, 0.15) is 62.5 Å². The van der Waals surface area contributed by atoms with Gasteiger partial charge in [0.05, 0.1) is 12.1 Å². The SMILES string of the molecule is C/C(=N/N=C1\NC(=O)[C@@H](CC(=O)O)S1)c1ccc(C2CCCCC2)cc1. The van der Waals surface area contributed by atoms with Crippen molar-refractivity contribution in [2.75, 3.05) is 0 Å². The van der Waals surface area contributed by atoms with E-state index in [2.05, 4.69) is 39.8 Å². The van der Waals surface area contributed by atoms with Gasteiger partial charge in [-0.15, -0.1) is 5.10 Å². The molecular formula is C19H23N3O3S. The van der Waals surface area contributed by atoms with Gasteiger partial charge in [0.15, 0.2) is 5.17 Å². The number of thioether (sulfide) groups is 1. The van der Waals surface area contributed by atoms with Gasteiger partial charge in [-0.05, 0) is 36.8 Å². The topological polar surface area (TPSA) is 91.1 Å². The number of benzene rings is 1. The van der Waals surface area contributed by atoms with Crippen LogP contribution in [-0.2, 0) is 9.59 Å². The molecule has 0 spiro atoms. The number of hydrogen-bond donors (Lipinski definition) is 2. The van der Waals surface area contributed by atoms with Crippen molar-refractivity contribution in [2.24, 2.45) is 10.2 Å². The van der Waals surface area contributed by atoms with Crippen molar-refractivity contribution in [3.8, 4) is 0 Å². The smallest absolute Gasteiger partial charge is 0.305 e. The number of rotatable bonds is 5. The minimum Gasteiger partial charge on any atom is -0.481 e. The van der Waals surface area contributed by atoms with Gasteiger partial charge in [-0.2, -0.15) is 5.10 Å². The Hall–Kier alpha value is -2.15. The lowest BCUT2D eigenvalue weighted by molar-refractivity contribution is -0.138. The fraction of sp³-hybridized carbons (Fsp3) is 0.474. The molecule has 1 saturated heterocycles. The molecule has 2 aliphatic rings. The van der Waals surface area contributed by atoms with Gasteiger partial charge in [-0.25, -0.2) is 0 Å². The first-order valence-corrected chi connectivity index (χ1v) is 9.83. The van der Waals surface area contributed by atoms with E-state index < -0.39 is 11.2 Å². The molecular weight excluding hydrogens is 350 g/mol. The summed E-state index contributed by atoms with van der Waals surface area (Å²) >= 11 is 1.11. The Morgan fingerprint density at radius 1 is 1.23 bits per heavy atom. The number of carbonyl (C=O) groups is 2. The lowest BCUT2D eigenvalue weighted by Crippen LogP contribution is -2.26. The van der Waals surface area contributed by atoms with Gasteiger partial charge in [-0.3, -0.25) is 9.59 Å². The summed E-state index contributed by atoms with van der Waals surface area (Å²) in [6.07, 6.45) is 6.31. The maximum atomic E-state index is 11.7. The molecule has 1 aliphatic carbocycles. The molecule has 0 unspecified atom stereocenters. The number of nitrogens with zero attached hydrogens (tertiary/aromatic N) is 2. The van der Waals surface area contributed by atoms with Crippen molar-refractivity contribution in [3.05, 3.63) is 35.4 Å². The molecule has 0 bridgehead atoms. The lowest BCUT2D eigenvalue weighted by atomic mass is 9.84. The zero-order valence-corrected chi connectivity index (χ0v) is 15.6. The molecule has 0 radical (unpaired) electrons. The minimum atomic E-state index is -1.00. The van der Waals surface area contributed by atoms with E-state index in [1.807, 2.05) is 6.92 Å². The fourth-order valence-electron chi connectivity index (χ4n) is 3.36. The highest BCUT2D eigenvalue weighted by Gasteiger charge is 2.32. The van der Waals surface area contributed by atoms with E-state index >= 15 is 0 Å². The number of amidine groups is 1. The molecule has 3 rings (SSSR count). The molecule has 1 aliphatic heterocycles. The van der Waals surface area contributed by atoms with Crippen LogP contribution in [0, 0.1) is 0 Å². The monoisotopic (exact) mass is 373 g/mol. The molecule has 1 saturated carbocycles. The molecule has 1 amide bonds. The summed E-state index contributed by atoms with van der Waals surface area (Å²) in [5.41, 5.74) is 3.14. The van der Waals surface area contributed by atoms with E-state index in [0.29, 0.717) is 11.1 Å². The Bertz CT molecular complexity index is 737. The number of carboxylic acids is 1. The second-order valence-corrected chi connectivity index (χ2v) is 7.93. The van der Waals surface area contributed by atoms with Crippen molar-refractivity contribution in [2.45, 2.75) is 56.6 Å². The number of hydrogen-bond acceptors (Lipinski definition) is 5. The van der Waals surface area contributed by atoms with Gasteiger partial charge in [-0.1, -0.05) is 55.3 Å². The van der Waals surface area contributed by atoms with Crippen molar-refractivity contribution >= 4 is 34.5 Å². The summed E-state index contributed by atoms with van der Waals surface area (Å²) in [6, 6.07) is 8.48. The largest absolute Gasteiger partial charge is 0.481 e. The third kappa shape index (κ3) is 4.72. The highest BCUT2D eigenvalue weighted by molar-refractivity contribution is 8.15. The zero-order valence-electron chi connectivity index (χ0n) is 14.8. The Morgan fingerprint density at radius 2 is 1.92 bits per heavy atom. The third-order valence-electron chi connectivity index (χ3n) is 4.83. The van der Waals surface area contributed by atoms with Gasteiger partial charge in [0.1, 0.15) is 5.25 Å². The maximum Gasteiger partial charge on any atom is 0.305 e. The molecule has 0 aromatic heterocycles. The first kappa shape index (κ1) is 18.6. The summed E-state index contributed by atoms with van der Waals surface area (Å²) in [5.74, 6) is -0.663. The average Bonchev–Trinajstić information content (AvgIpc) is 2.99. The molecule has 1 aromatic carbocycles. The van der Waals surface area contributed by atoms with Crippen molar-refractivity contribution < 1.29 is 14.7 Å². The number of nitrogens with one attached hydrogen (secondary N) is 1. The molecule has 6 nitrogen and oxygen atoms in total. The van der Waals surface area contributed by atoms with Crippen LogP contribution < -0.4 is 5.32 Å². The quantitative estimate of drug-likeness (QED) is 0.610. The van der Waals surface area contributed by atoms with Gasteiger partial charge in [0.25, 0.3) is 0 Å². The van der Waals surface area contributed by atoms with E-state index in [1.54, 1.807) is 0 Å². The van der Waals surface area contributed by atoms with Crippen LogP contribution in [0.25, 0.3) is 0 Å². The Labute approximate surface area is 157 Å². The van der Waals surface area contributed by atoms with Crippen LogP contribution in [-0.4, -0.2) is 33.1 Å². The first-order valence-electron chi connectivity index (χ1n) is 8.95. The van der Waals surface area contributed by atoms with Gasteiger partial charge < -0.3 is 10.4 Å². The van der Waals surface area contributed by atoms with Gasteiger partial charge in [0, 0.05) is 0 Å². The standard InChI is InChI=1S/C19H23N3O3S/c1-12(21-22-19-20-18(25)16(26-19)11-17(23)24)13-7-9-15(10-8-13)14-5-3-2-4-6-14/h7-10,14,16H,2-6,11H2,1H3,(H,23,24)(H,20,22,25)/b21-12-/t16-/m1/s1. The van der Waals surface area contributed by atoms with Crippen molar-refractivity contribution in [1.82, 2.24) is 5.32 Å². The predicted molar refractivity (Wildman–Crippen MR) is 104 cm³/mol. The van der Waals surface area contributed by atoms with E-state index in [0.717, 1.165) is 23.0 Å². The maximum absolute atomic E-state index is 11.7. The number of carbonyl (C=O) groups excluding carboxylic acids is 1. The molecule has 1 atom stereocenters. The molecule has 1 heterocycles. The van der Waals surface area contributed by atoms with E-state index in [1.165, 1.54) is 37.7 Å². The number of carboxylic acid groups (broad SMARTS) is 1. The Balaban J connectivity index is 1.64. The first-order chi connectivity index (χ1) is 12.5. The zero-order chi connectivity index (χ0) is 18.5. The minimum absolute atomic E-state index is 0.221. The van der Waals surface area contributed by atoms with Crippen LogP contribution in [0.3, 0.4) is 0 Å². The summed E-state index contributed by atoms with van der Waals surface area (Å²) in [6.45, 7) is 1.87. The molecule has 2 fully saturated rings. The molecule has 138 valence electrons. The van der Waals surface area contributed by atoms with Crippen LogP contribution in [0.5, 0.6) is 0 Å². The molecule has 26 heavy (non-hydrogen) atoms. The molecule has 2 N–H and O–H groups in total. The Kier molecular flexibility index (Phi) is 6.08. The second-order valence-electron chi connectivity index (χ2n) is 6.74. The summed E-state index contributed by atoms with van der Waals surface area (Å²) in [4.78, 5) is 22.4.